The van der Waals surface area contributed by atoms with Gasteiger partial charge in [0.15, 0.2) is 0 Å². The highest BCUT2D eigenvalue weighted by atomic mass is 32.2. The number of benzene rings is 1. The van der Waals surface area contributed by atoms with Crippen LogP contribution in [0.15, 0.2) is 24.3 Å². The fourth-order valence-electron chi connectivity index (χ4n) is 3.14. The van der Waals surface area contributed by atoms with Gasteiger partial charge in [0.25, 0.3) is 5.91 Å². The zero-order chi connectivity index (χ0) is 19.5. The Morgan fingerprint density at radius 2 is 1.88 bits per heavy atom. The smallest absolute Gasteiger partial charge is 0.311 e. The molecule has 0 aliphatic carbocycles. The number of nitrogens with one attached hydrogen (secondary N) is 1. The van der Waals surface area contributed by atoms with Crippen molar-refractivity contribution in [2.45, 2.75) is 33.7 Å². The van der Waals surface area contributed by atoms with Crippen LogP contribution < -0.4 is 4.72 Å². The van der Waals surface area contributed by atoms with E-state index in [9.17, 15) is 23.1 Å². The molecule has 1 aliphatic rings. The molecular weight excluding hydrogens is 356 g/mol. The van der Waals surface area contributed by atoms with Gasteiger partial charge in [-0.3, -0.25) is 9.59 Å². The summed E-state index contributed by atoms with van der Waals surface area (Å²) >= 11 is 0. The van der Waals surface area contributed by atoms with E-state index in [0.717, 1.165) is 5.56 Å². The van der Waals surface area contributed by atoms with Crippen LogP contribution in [0.3, 0.4) is 0 Å². The maximum atomic E-state index is 12.7. The summed E-state index contributed by atoms with van der Waals surface area (Å²) in [6, 6.07) is 6.70. The maximum absolute atomic E-state index is 12.7. The third-order valence-corrected chi connectivity index (χ3v) is 6.54. The number of aliphatic carboxylic acids is 1. The van der Waals surface area contributed by atoms with Crippen LogP contribution in [-0.4, -0.2) is 49.1 Å². The monoisotopic (exact) mass is 382 g/mol. The molecule has 2 N–H and O–H groups in total. The Morgan fingerprint density at radius 1 is 1.27 bits per heavy atom. The summed E-state index contributed by atoms with van der Waals surface area (Å²) in [6.07, 6.45) is 0.447. The van der Waals surface area contributed by atoms with Gasteiger partial charge in [-0.05, 0) is 37.0 Å². The van der Waals surface area contributed by atoms with E-state index in [1.165, 1.54) is 0 Å². The molecule has 1 atom stereocenters. The van der Waals surface area contributed by atoms with E-state index in [1.54, 1.807) is 36.1 Å². The quantitative estimate of drug-likeness (QED) is 0.747. The van der Waals surface area contributed by atoms with Crippen molar-refractivity contribution in [3.8, 4) is 0 Å². The first kappa shape index (κ1) is 20.4. The lowest BCUT2D eigenvalue weighted by Gasteiger charge is -2.28. The standard InChI is InChI=1S/C18H26N2O5S/c1-4-26(24,25)19-11-14-5-7-15(8-6-14)16(21)20-10-9-18(12-20,13(2)3)17(22)23/h5-8,13,19H,4,9-12H2,1-3H3,(H,22,23). The van der Waals surface area contributed by atoms with Crippen LogP contribution in [0.1, 0.15) is 43.1 Å². The number of carboxylic acids is 1. The van der Waals surface area contributed by atoms with Crippen molar-refractivity contribution in [1.82, 2.24) is 9.62 Å². The third kappa shape index (κ3) is 4.24. The second-order valence-electron chi connectivity index (χ2n) is 7.01. The summed E-state index contributed by atoms with van der Waals surface area (Å²) in [6.45, 7) is 6.10. The maximum Gasteiger partial charge on any atom is 0.311 e. The molecule has 1 saturated heterocycles. The van der Waals surface area contributed by atoms with Gasteiger partial charge in [-0.1, -0.05) is 26.0 Å². The van der Waals surface area contributed by atoms with Crippen LogP contribution in [-0.2, 0) is 21.4 Å². The highest BCUT2D eigenvalue weighted by Gasteiger charge is 2.48. The predicted octanol–water partition coefficient (Wildman–Crippen LogP) is 1.70. The van der Waals surface area contributed by atoms with Gasteiger partial charge >= 0.3 is 5.97 Å². The fourth-order valence-corrected chi connectivity index (χ4v) is 3.73. The Kier molecular flexibility index (Phi) is 6.08. The number of likely N-dealkylation sites (tertiary alicyclic amines) is 1. The first-order valence-corrected chi connectivity index (χ1v) is 10.4. The lowest BCUT2D eigenvalue weighted by atomic mass is 9.76. The summed E-state index contributed by atoms with van der Waals surface area (Å²) in [5.41, 5.74) is 0.327. The molecule has 2 rings (SSSR count). The number of hydrogen-bond donors (Lipinski definition) is 2. The zero-order valence-electron chi connectivity index (χ0n) is 15.4. The van der Waals surface area contributed by atoms with Crippen molar-refractivity contribution >= 4 is 21.9 Å². The van der Waals surface area contributed by atoms with Crippen LogP contribution in [0.4, 0.5) is 0 Å². The minimum Gasteiger partial charge on any atom is -0.481 e. The normalized spacial score (nSPS) is 20.5. The van der Waals surface area contributed by atoms with Crippen molar-refractivity contribution in [2.24, 2.45) is 11.3 Å². The van der Waals surface area contributed by atoms with Gasteiger partial charge in [-0.2, -0.15) is 0 Å². The van der Waals surface area contributed by atoms with Crippen LogP contribution >= 0.6 is 0 Å². The first-order chi connectivity index (χ1) is 12.1. The van der Waals surface area contributed by atoms with Crippen molar-refractivity contribution in [3.05, 3.63) is 35.4 Å². The molecule has 1 aliphatic heterocycles. The second-order valence-corrected chi connectivity index (χ2v) is 9.11. The summed E-state index contributed by atoms with van der Waals surface area (Å²) in [5, 5.41) is 9.59. The molecule has 1 amide bonds. The Hall–Kier alpha value is -1.93. The average molecular weight is 382 g/mol. The van der Waals surface area contributed by atoms with E-state index in [2.05, 4.69) is 4.72 Å². The van der Waals surface area contributed by atoms with Crippen molar-refractivity contribution < 1.29 is 23.1 Å². The number of rotatable bonds is 7. The molecule has 0 spiro atoms. The summed E-state index contributed by atoms with van der Waals surface area (Å²) < 4.78 is 25.4. The van der Waals surface area contributed by atoms with Crippen molar-refractivity contribution in [2.75, 3.05) is 18.8 Å². The molecule has 1 unspecified atom stereocenters. The molecule has 144 valence electrons. The molecule has 1 aromatic rings. The number of hydrogen-bond acceptors (Lipinski definition) is 4. The fraction of sp³-hybridized carbons (Fsp3) is 0.556. The minimum absolute atomic E-state index is 0.0136. The average Bonchev–Trinajstić information content (AvgIpc) is 3.07. The van der Waals surface area contributed by atoms with Gasteiger partial charge in [0.05, 0.1) is 11.2 Å². The number of nitrogens with zero attached hydrogens (tertiary/aromatic N) is 1. The molecule has 1 heterocycles. The van der Waals surface area contributed by atoms with Crippen LogP contribution in [0.25, 0.3) is 0 Å². The van der Waals surface area contributed by atoms with Gasteiger partial charge in [0, 0.05) is 25.2 Å². The molecule has 8 heteroatoms. The topological polar surface area (TPSA) is 104 Å². The third-order valence-electron chi connectivity index (χ3n) is 5.20. The van der Waals surface area contributed by atoms with Gasteiger partial charge < -0.3 is 10.0 Å². The lowest BCUT2D eigenvalue weighted by Crippen LogP contribution is -2.40. The lowest BCUT2D eigenvalue weighted by molar-refractivity contribution is -0.150. The summed E-state index contributed by atoms with van der Waals surface area (Å²) in [7, 11) is -3.27. The Balaban J connectivity index is 2.06. The summed E-state index contributed by atoms with van der Waals surface area (Å²) in [5.74, 6) is -1.11. The Labute approximate surface area is 154 Å². The zero-order valence-corrected chi connectivity index (χ0v) is 16.2. The van der Waals surface area contributed by atoms with Crippen molar-refractivity contribution in [1.29, 1.82) is 0 Å². The van der Waals surface area contributed by atoms with E-state index < -0.39 is 21.4 Å². The molecule has 0 radical (unpaired) electrons. The SMILES string of the molecule is CCS(=O)(=O)NCc1ccc(C(=O)N2CCC(C(=O)O)(C(C)C)C2)cc1. The predicted molar refractivity (Wildman–Crippen MR) is 98.2 cm³/mol. The molecule has 1 fully saturated rings. The van der Waals surface area contributed by atoms with E-state index >= 15 is 0 Å². The van der Waals surface area contributed by atoms with E-state index in [-0.39, 0.29) is 30.7 Å². The van der Waals surface area contributed by atoms with Crippen LogP contribution in [0.2, 0.25) is 0 Å². The molecule has 0 saturated carbocycles. The van der Waals surface area contributed by atoms with Crippen LogP contribution in [0.5, 0.6) is 0 Å². The molecule has 0 aromatic heterocycles. The molecule has 7 nitrogen and oxygen atoms in total. The molecular formula is C18H26N2O5S. The van der Waals surface area contributed by atoms with Gasteiger partial charge in [0.2, 0.25) is 10.0 Å². The van der Waals surface area contributed by atoms with Gasteiger partial charge in [0.1, 0.15) is 0 Å². The largest absolute Gasteiger partial charge is 0.481 e. The highest BCUT2D eigenvalue weighted by molar-refractivity contribution is 7.89. The summed E-state index contributed by atoms with van der Waals surface area (Å²) in [4.78, 5) is 26.0. The molecule has 1 aromatic carbocycles. The van der Waals surface area contributed by atoms with E-state index in [1.807, 2.05) is 13.8 Å². The van der Waals surface area contributed by atoms with E-state index in [0.29, 0.717) is 18.5 Å². The number of carbonyl (C=O) groups excluding carboxylic acids is 1. The Bertz CT molecular complexity index is 773. The number of amides is 1. The number of sulfonamides is 1. The van der Waals surface area contributed by atoms with Gasteiger partial charge in [-0.15, -0.1) is 0 Å². The molecule has 0 bridgehead atoms. The van der Waals surface area contributed by atoms with Crippen molar-refractivity contribution in [3.63, 3.8) is 0 Å². The van der Waals surface area contributed by atoms with Crippen LogP contribution in [0, 0.1) is 11.3 Å². The highest BCUT2D eigenvalue weighted by Crippen LogP contribution is 2.38. The van der Waals surface area contributed by atoms with E-state index in [4.69, 9.17) is 0 Å². The number of carbonyl (C=O) groups is 2. The first-order valence-electron chi connectivity index (χ1n) is 8.70. The van der Waals surface area contributed by atoms with Gasteiger partial charge in [-0.25, -0.2) is 13.1 Å². The second kappa shape index (κ2) is 7.75. The number of carboxylic acid groups (broad SMARTS) is 1. The minimum atomic E-state index is -3.27. The molecule has 26 heavy (non-hydrogen) atoms. The Morgan fingerprint density at radius 3 is 2.35 bits per heavy atom.